The maximum atomic E-state index is 14.0. The molecule has 0 bridgehead atoms. The molecule has 1 aliphatic rings. The maximum absolute atomic E-state index is 14.0. The van der Waals surface area contributed by atoms with Crippen LogP contribution in [0.15, 0.2) is 88.5 Å². The standard InChI is InChI=1S/C32H34FN5O4/c33-26-12-5-6-13-27(26)35-30(40)22-38-28-14-7-4-11-25(28)31(41)37(32(38)42)18-8-15-29(39)34-24-16-19-36(20-17-24)21-23-9-2-1-3-10-23/h1-7,9-14,24H,8,15-22H2,(H,34,39)(H,35,40). The van der Waals surface area contributed by atoms with E-state index in [0.717, 1.165) is 37.0 Å². The number of amides is 2. The number of nitrogens with zero attached hydrogens (tertiary/aromatic N) is 3. The molecule has 9 nitrogen and oxygen atoms in total. The number of halogens is 1. The van der Waals surface area contributed by atoms with Crippen molar-refractivity contribution < 1.29 is 14.0 Å². The predicted octanol–water partition coefficient (Wildman–Crippen LogP) is 3.50. The van der Waals surface area contributed by atoms with Gasteiger partial charge in [0.1, 0.15) is 12.4 Å². The number of hydrogen-bond acceptors (Lipinski definition) is 5. The van der Waals surface area contributed by atoms with Gasteiger partial charge in [0.25, 0.3) is 5.56 Å². The van der Waals surface area contributed by atoms with Crippen molar-refractivity contribution >= 4 is 28.4 Å². The second kappa shape index (κ2) is 13.4. The minimum atomic E-state index is -0.659. The van der Waals surface area contributed by atoms with Crippen molar-refractivity contribution in [2.24, 2.45) is 0 Å². The lowest BCUT2D eigenvalue weighted by Gasteiger charge is -2.32. The highest BCUT2D eigenvalue weighted by molar-refractivity contribution is 5.91. The monoisotopic (exact) mass is 571 g/mol. The summed E-state index contributed by atoms with van der Waals surface area (Å²) in [5.41, 5.74) is 0.444. The molecule has 4 aromatic rings. The van der Waals surface area contributed by atoms with Gasteiger partial charge < -0.3 is 10.6 Å². The summed E-state index contributed by atoms with van der Waals surface area (Å²) in [5.74, 6) is -1.31. The van der Waals surface area contributed by atoms with Crippen molar-refractivity contribution in [2.45, 2.75) is 51.4 Å². The number of benzene rings is 3. The zero-order valence-electron chi connectivity index (χ0n) is 23.3. The Bertz CT molecular complexity index is 1680. The van der Waals surface area contributed by atoms with Crippen molar-refractivity contribution in [1.82, 2.24) is 19.4 Å². The van der Waals surface area contributed by atoms with Gasteiger partial charge in [-0.15, -0.1) is 0 Å². The van der Waals surface area contributed by atoms with Crippen LogP contribution in [0.25, 0.3) is 10.9 Å². The molecule has 0 unspecified atom stereocenters. The fourth-order valence-corrected chi connectivity index (χ4v) is 5.39. The number of para-hydroxylation sites is 2. The van der Waals surface area contributed by atoms with Crippen LogP contribution in [0.1, 0.15) is 31.2 Å². The van der Waals surface area contributed by atoms with E-state index in [1.54, 1.807) is 30.3 Å². The number of aromatic nitrogens is 2. The van der Waals surface area contributed by atoms with E-state index < -0.39 is 29.5 Å². The molecule has 2 amide bonds. The van der Waals surface area contributed by atoms with Gasteiger partial charge >= 0.3 is 5.69 Å². The third kappa shape index (κ3) is 7.01. The quantitative estimate of drug-likeness (QED) is 0.303. The average molecular weight is 572 g/mol. The van der Waals surface area contributed by atoms with Gasteiger partial charge in [0, 0.05) is 38.6 Å². The van der Waals surface area contributed by atoms with E-state index in [4.69, 9.17) is 0 Å². The molecule has 0 atom stereocenters. The Morgan fingerprint density at radius 2 is 1.52 bits per heavy atom. The molecule has 0 spiro atoms. The van der Waals surface area contributed by atoms with Crippen LogP contribution in [0.2, 0.25) is 0 Å². The Labute approximate surface area is 242 Å². The third-order valence-electron chi connectivity index (χ3n) is 7.57. The molecular weight excluding hydrogens is 537 g/mol. The number of anilines is 1. The fourth-order valence-electron chi connectivity index (χ4n) is 5.39. The van der Waals surface area contributed by atoms with Gasteiger partial charge in [0.2, 0.25) is 11.8 Å². The SMILES string of the molecule is O=C(Cn1c(=O)n(CCCC(=O)NC2CCN(Cc3ccccc3)CC2)c(=O)c2ccccc21)Nc1ccccc1F. The lowest BCUT2D eigenvalue weighted by molar-refractivity contribution is -0.122. The molecular formula is C32H34FN5O4. The number of fused-ring (bicyclic) bond motifs is 1. The lowest BCUT2D eigenvalue weighted by atomic mass is 10.0. The van der Waals surface area contributed by atoms with Crippen molar-refractivity contribution in [3.63, 3.8) is 0 Å². The number of rotatable bonds is 10. The second-order valence-electron chi connectivity index (χ2n) is 10.6. The van der Waals surface area contributed by atoms with Crippen LogP contribution in [0.5, 0.6) is 0 Å². The normalized spacial score (nSPS) is 14.1. The Kier molecular flexibility index (Phi) is 9.23. The van der Waals surface area contributed by atoms with E-state index in [0.29, 0.717) is 5.52 Å². The van der Waals surface area contributed by atoms with E-state index in [1.165, 1.54) is 28.3 Å². The second-order valence-corrected chi connectivity index (χ2v) is 10.6. The van der Waals surface area contributed by atoms with Crippen LogP contribution in [-0.2, 0) is 29.2 Å². The molecule has 10 heteroatoms. The largest absolute Gasteiger partial charge is 0.353 e. The van der Waals surface area contributed by atoms with E-state index in [2.05, 4.69) is 27.7 Å². The summed E-state index contributed by atoms with van der Waals surface area (Å²) in [6.45, 7) is 2.31. The lowest BCUT2D eigenvalue weighted by Crippen LogP contribution is -2.44. The third-order valence-corrected chi connectivity index (χ3v) is 7.57. The summed E-state index contributed by atoms with van der Waals surface area (Å²) in [6.07, 6.45) is 2.18. The molecule has 2 heterocycles. The summed E-state index contributed by atoms with van der Waals surface area (Å²) < 4.78 is 16.3. The molecule has 42 heavy (non-hydrogen) atoms. The van der Waals surface area contributed by atoms with Gasteiger partial charge in [-0.05, 0) is 49.1 Å². The molecule has 0 aliphatic carbocycles. The van der Waals surface area contributed by atoms with Crippen LogP contribution >= 0.6 is 0 Å². The molecule has 1 aromatic heterocycles. The number of piperidine rings is 1. The summed E-state index contributed by atoms with van der Waals surface area (Å²) in [5, 5.41) is 5.85. The number of carbonyl (C=O) groups excluding carboxylic acids is 2. The molecule has 1 saturated heterocycles. The van der Waals surface area contributed by atoms with Crippen molar-refractivity contribution in [3.8, 4) is 0 Å². The van der Waals surface area contributed by atoms with Crippen LogP contribution < -0.4 is 21.9 Å². The first kappa shape index (κ1) is 28.9. The number of hydrogen-bond donors (Lipinski definition) is 2. The molecule has 3 aromatic carbocycles. The maximum Gasteiger partial charge on any atom is 0.331 e. The minimum Gasteiger partial charge on any atom is -0.353 e. The zero-order valence-corrected chi connectivity index (χ0v) is 23.3. The predicted molar refractivity (Wildman–Crippen MR) is 160 cm³/mol. The molecule has 218 valence electrons. The Morgan fingerprint density at radius 1 is 0.833 bits per heavy atom. The summed E-state index contributed by atoms with van der Waals surface area (Å²) >= 11 is 0. The first-order valence-corrected chi connectivity index (χ1v) is 14.2. The van der Waals surface area contributed by atoms with E-state index in [9.17, 15) is 23.6 Å². The fraction of sp³-hybridized carbons (Fsp3) is 0.312. The van der Waals surface area contributed by atoms with Crippen LogP contribution in [0.4, 0.5) is 10.1 Å². The highest BCUT2D eigenvalue weighted by Gasteiger charge is 2.21. The van der Waals surface area contributed by atoms with Crippen LogP contribution in [0, 0.1) is 5.82 Å². The Hall–Kier alpha value is -4.57. The smallest absolute Gasteiger partial charge is 0.331 e. The Morgan fingerprint density at radius 3 is 2.29 bits per heavy atom. The average Bonchev–Trinajstić information content (AvgIpc) is 3.00. The summed E-state index contributed by atoms with van der Waals surface area (Å²) in [6, 6.07) is 22.7. The molecule has 1 aliphatic heterocycles. The number of likely N-dealkylation sites (tertiary alicyclic amines) is 1. The van der Waals surface area contributed by atoms with Crippen molar-refractivity contribution in [1.29, 1.82) is 0 Å². The van der Waals surface area contributed by atoms with Gasteiger partial charge in [0.15, 0.2) is 0 Å². The Balaban J connectivity index is 1.19. The first-order valence-electron chi connectivity index (χ1n) is 14.2. The topological polar surface area (TPSA) is 105 Å². The van der Waals surface area contributed by atoms with Crippen LogP contribution in [-0.4, -0.2) is 45.0 Å². The molecule has 0 saturated carbocycles. The van der Waals surface area contributed by atoms with E-state index in [-0.39, 0.29) is 42.4 Å². The van der Waals surface area contributed by atoms with Gasteiger partial charge in [-0.2, -0.15) is 0 Å². The first-order chi connectivity index (χ1) is 20.4. The molecule has 5 rings (SSSR count). The summed E-state index contributed by atoms with van der Waals surface area (Å²) in [7, 11) is 0. The van der Waals surface area contributed by atoms with Gasteiger partial charge in [-0.1, -0.05) is 54.6 Å². The van der Waals surface area contributed by atoms with Crippen molar-refractivity contribution in [2.75, 3.05) is 18.4 Å². The highest BCUT2D eigenvalue weighted by atomic mass is 19.1. The number of carbonyl (C=O) groups is 2. The van der Waals surface area contributed by atoms with E-state index >= 15 is 0 Å². The van der Waals surface area contributed by atoms with Gasteiger partial charge in [0.05, 0.1) is 16.6 Å². The zero-order chi connectivity index (χ0) is 29.5. The summed E-state index contributed by atoms with van der Waals surface area (Å²) in [4.78, 5) is 54.4. The highest BCUT2D eigenvalue weighted by Crippen LogP contribution is 2.15. The minimum absolute atomic E-state index is 0.000979. The van der Waals surface area contributed by atoms with Gasteiger partial charge in [-0.25, -0.2) is 9.18 Å². The molecule has 1 fully saturated rings. The van der Waals surface area contributed by atoms with Crippen LogP contribution in [0.3, 0.4) is 0 Å². The molecule has 2 N–H and O–H groups in total. The van der Waals surface area contributed by atoms with E-state index in [1.807, 2.05) is 18.2 Å². The molecule has 0 radical (unpaired) electrons. The van der Waals surface area contributed by atoms with Gasteiger partial charge in [-0.3, -0.25) is 28.4 Å². The van der Waals surface area contributed by atoms with Crippen molar-refractivity contribution in [3.05, 3.63) is 111 Å². The number of nitrogens with one attached hydrogen (secondary N) is 2.